The molecular formula is C17H19ClFN3O2. The molecular weight excluding hydrogens is 333 g/mol. The highest BCUT2D eigenvalue weighted by molar-refractivity contribution is 6.31. The number of hydrogen-bond acceptors (Lipinski definition) is 3. The molecule has 0 fully saturated rings. The standard InChI is InChI=1S/C17H19ClFN3O2/c1-23-11-6-7-16(24-2)15(10-11)22-17(20)21-9-8-12-13(18)4-3-5-14(12)19/h3-7,10H,8-9H2,1-2H3,(H3,20,21,22). The normalized spacial score (nSPS) is 11.2. The van der Waals surface area contributed by atoms with Crippen molar-refractivity contribution < 1.29 is 13.9 Å². The van der Waals surface area contributed by atoms with Gasteiger partial charge in [0.2, 0.25) is 0 Å². The topological polar surface area (TPSA) is 68.9 Å². The summed E-state index contributed by atoms with van der Waals surface area (Å²) in [5.74, 6) is 1.10. The van der Waals surface area contributed by atoms with Gasteiger partial charge < -0.3 is 20.5 Å². The number of ether oxygens (including phenoxy) is 2. The first kappa shape index (κ1) is 17.9. The van der Waals surface area contributed by atoms with Crippen LogP contribution >= 0.6 is 11.6 Å². The van der Waals surface area contributed by atoms with Gasteiger partial charge in [0.25, 0.3) is 0 Å². The largest absolute Gasteiger partial charge is 0.497 e. The van der Waals surface area contributed by atoms with Gasteiger partial charge in [0.1, 0.15) is 17.3 Å². The third kappa shape index (κ3) is 4.52. The Balaban J connectivity index is 2.04. The third-order valence-corrected chi connectivity index (χ3v) is 3.73. The smallest absolute Gasteiger partial charge is 0.193 e. The Hall–Kier alpha value is -2.47. The molecule has 128 valence electrons. The van der Waals surface area contributed by atoms with Crippen LogP contribution in [0.15, 0.2) is 41.4 Å². The van der Waals surface area contributed by atoms with Crippen molar-refractivity contribution >= 4 is 23.2 Å². The number of hydrogen-bond donors (Lipinski definition) is 2. The summed E-state index contributed by atoms with van der Waals surface area (Å²) >= 11 is 5.98. The van der Waals surface area contributed by atoms with Crippen molar-refractivity contribution in [2.45, 2.75) is 6.42 Å². The Morgan fingerprint density at radius 1 is 1.25 bits per heavy atom. The van der Waals surface area contributed by atoms with Gasteiger partial charge in [0.15, 0.2) is 5.96 Å². The minimum absolute atomic E-state index is 0.189. The quantitative estimate of drug-likeness (QED) is 0.617. The number of anilines is 1. The summed E-state index contributed by atoms with van der Waals surface area (Å²) in [7, 11) is 3.13. The van der Waals surface area contributed by atoms with Crippen LogP contribution in [0.25, 0.3) is 0 Å². The molecule has 5 nitrogen and oxygen atoms in total. The van der Waals surface area contributed by atoms with Crippen LogP contribution in [-0.4, -0.2) is 26.7 Å². The van der Waals surface area contributed by atoms with Gasteiger partial charge in [0.05, 0.1) is 19.9 Å². The maximum Gasteiger partial charge on any atom is 0.193 e. The molecule has 2 aromatic rings. The molecule has 0 amide bonds. The molecule has 0 unspecified atom stereocenters. The molecule has 2 aromatic carbocycles. The fourth-order valence-corrected chi connectivity index (χ4v) is 2.41. The van der Waals surface area contributed by atoms with Gasteiger partial charge in [-0.25, -0.2) is 4.39 Å². The van der Waals surface area contributed by atoms with Crippen molar-refractivity contribution in [2.75, 3.05) is 26.1 Å². The van der Waals surface area contributed by atoms with E-state index in [1.54, 1.807) is 44.6 Å². The van der Waals surface area contributed by atoms with Crippen LogP contribution in [0, 0.1) is 5.82 Å². The SMILES string of the molecule is COc1ccc(OC)c(NC(N)=NCCc2c(F)cccc2Cl)c1. The number of benzene rings is 2. The maximum absolute atomic E-state index is 13.7. The van der Waals surface area contributed by atoms with Crippen LogP contribution in [0.3, 0.4) is 0 Å². The predicted molar refractivity (Wildman–Crippen MR) is 94.8 cm³/mol. The highest BCUT2D eigenvalue weighted by atomic mass is 35.5. The first-order valence-corrected chi connectivity index (χ1v) is 7.64. The second-order valence-corrected chi connectivity index (χ2v) is 5.32. The Kier molecular flexibility index (Phi) is 6.26. The summed E-state index contributed by atoms with van der Waals surface area (Å²) in [6.45, 7) is 0.297. The van der Waals surface area contributed by atoms with Crippen LogP contribution in [0.5, 0.6) is 11.5 Å². The zero-order valence-electron chi connectivity index (χ0n) is 13.5. The van der Waals surface area contributed by atoms with E-state index < -0.39 is 0 Å². The number of methoxy groups -OCH3 is 2. The van der Waals surface area contributed by atoms with Crippen molar-refractivity contribution in [3.05, 3.63) is 52.8 Å². The van der Waals surface area contributed by atoms with Gasteiger partial charge >= 0.3 is 0 Å². The molecule has 24 heavy (non-hydrogen) atoms. The molecule has 0 aromatic heterocycles. The first-order valence-electron chi connectivity index (χ1n) is 7.27. The number of nitrogens with one attached hydrogen (secondary N) is 1. The molecule has 0 spiro atoms. The Bertz CT molecular complexity index is 718. The van der Waals surface area contributed by atoms with Gasteiger partial charge in [-0.15, -0.1) is 0 Å². The third-order valence-electron chi connectivity index (χ3n) is 3.38. The highest BCUT2D eigenvalue weighted by Crippen LogP contribution is 2.28. The number of nitrogens with zero attached hydrogens (tertiary/aromatic N) is 1. The van der Waals surface area contributed by atoms with E-state index in [-0.39, 0.29) is 11.8 Å². The first-order chi connectivity index (χ1) is 11.5. The molecule has 0 aliphatic rings. The minimum atomic E-state index is -0.348. The fourth-order valence-electron chi connectivity index (χ4n) is 2.15. The molecule has 0 aliphatic heterocycles. The van der Waals surface area contributed by atoms with E-state index >= 15 is 0 Å². The average molecular weight is 352 g/mol. The lowest BCUT2D eigenvalue weighted by Gasteiger charge is -2.12. The molecule has 0 aliphatic carbocycles. The zero-order valence-corrected chi connectivity index (χ0v) is 14.2. The summed E-state index contributed by atoms with van der Waals surface area (Å²) < 4.78 is 24.1. The Labute approximate surface area is 145 Å². The predicted octanol–water partition coefficient (Wildman–Crippen LogP) is 3.47. The molecule has 0 heterocycles. The Morgan fingerprint density at radius 3 is 2.71 bits per heavy atom. The van der Waals surface area contributed by atoms with Crippen molar-refractivity contribution in [1.82, 2.24) is 0 Å². The van der Waals surface area contributed by atoms with E-state index in [1.165, 1.54) is 6.07 Å². The lowest BCUT2D eigenvalue weighted by Crippen LogP contribution is -2.23. The minimum Gasteiger partial charge on any atom is -0.497 e. The monoisotopic (exact) mass is 351 g/mol. The van der Waals surface area contributed by atoms with E-state index in [2.05, 4.69) is 10.3 Å². The maximum atomic E-state index is 13.7. The molecule has 7 heteroatoms. The van der Waals surface area contributed by atoms with Crippen LogP contribution in [0.2, 0.25) is 5.02 Å². The van der Waals surface area contributed by atoms with Gasteiger partial charge in [-0.05, 0) is 30.7 Å². The molecule has 2 rings (SSSR count). The van der Waals surface area contributed by atoms with Crippen molar-refractivity contribution in [1.29, 1.82) is 0 Å². The lowest BCUT2D eigenvalue weighted by molar-refractivity contribution is 0.405. The summed E-state index contributed by atoms with van der Waals surface area (Å²) in [4.78, 5) is 4.19. The van der Waals surface area contributed by atoms with Crippen LogP contribution in [0.1, 0.15) is 5.56 Å². The van der Waals surface area contributed by atoms with Crippen molar-refractivity contribution in [3.63, 3.8) is 0 Å². The van der Waals surface area contributed by atoms with Crippen LogP contribution in [-0.2, 0) is 6.42 Å². The second-order valence-electron chi connectivity index (χ2n) is 4.91. The number of rotatable bonds is 6. The molecule has 0 radical (unpaired) electrons. The number of aliphatic imine (C=N–C) groups is 1. The van der Waals surface area contributed by atoms with Crippen molar-refractivity contribution in [2.24, 2.45) is 10.7 Å². The van der Waals surface area contributed by atoms with Gasteiger partial charge in [-0.2, -0.15) is 0 Å². The summed E-state index contributed by atoms with van der Waals surface area (Å²) in [6, 6.07) is 9.86. The lowest BCUT2D eigenvalue weighted by atomic mass is 10.1. The van der Waals surface area contributed by atoms with Gasteiger partial charge in [-0.1, -0.05) is 17.7 Å². The molecule has 3 N–H and O–H groups in total. The molecule has 0 saturated carbocycles. The molecule has 0 bridgehead atoms. The number of nitrogens with two attached hydrogens (primary N) is 1. The van der Waals surface area contributed by atoms with Crippen LogP contribution < -0.4 is 20.5 Å². The van der Waals surface area contributed by atoms with Gasteiger partial charge in [-0.3, -0.25) is 4.99 Å². The number of guanidine groups is 1. The second kappa shape index (κ2) is 8.40. The van der Waals surface area contributed by atoms with E-state index in [0.717, 1.165) is 0 Å². The average Bonchev–Trinajstić information content (AvgIpc) is 2.57. The summed E-state index contributed by atoms with van der Waals surface area (Å²) in [5.41, 5.74) is 6.93. The van der Waals surface area contributed by atoms with E-state index in [0.29, 0.717) is 40.7 Å². The number of halogens is 2. The van der Waals surface area contributed by atoms with E-state index in [1.807, 2.05) is 0 Å². The van der Waals surface area contributed by atoms with Crippen LogP contribution in [0.4, 0.5) is 10.1 Å². The van der Waals surface area contributed by atoms with E-state index in [9.17, 15) is 4.39 Å². The molecule has 0 atom stereocenters. The Morgan fingerprint density at radius 2 is 2.04 bits per heavy atom. The van der Waals surface area contributed by atoms with Crippen molar-refractivity contribution in [3.8, 4) is 11.5 Å². The summed E-state index contributed by atoms with van der Waals surface area (Å²) in [6.07, 6.45) is 0.350. The fraction of sp³-hybridized carbons (Fsp3) is 0.235. The van der Waals surface area contributed by atoms with E-state index in [4.69, 9.17) is 26.8 Å². The molecule has 0 saturated heterocycles. The highest BCUT2D eigenvalue weighted by Gasteiger charge is 2.08. The van der Waals surface area contributed by atoms with Gasteiger partial charge in [0, 0.05) is 23.2 Å². The zero-order chi connectivity index (χ0) is 17.5. The summed E-state index contributed by atoms with van der Waals surface area (Å²) in [5, 5.41) is 3.33.